The molecule has 7 aromatic rings. The van der Waals surface area contributed by atoms with Crippen LogP contribution in [0, 0.1) is 25.0 Å². The number of pyridine rings is 1. The predicted octanol–water partition coefficient (Wildman–Crippen LogP) is 9.88. The molecule has 0 aliphatic heterocycles. The molecule has 0 amide bonds. The molecule has 0 unspecified atom stereocenters. The molecule has 0 atom stereocenters. The Balaban J connectivity index is 0.00000372. The van der Waals surface area contributed by atoms with E-state index in [1.165, 1.54) is 22.3 Å². The van der Waals surface area contributed by atoms with Gasteiger partial charge in [-0.1, -0.05) is 62.7 Å². The maximum atomic E-state index is 6.38. The van der Waals surface area contributed by atoms with E-state index in [0.29, 0.717) is 17.4 Å². The first-order chi connectivity index (χ1) is 22.0. The summed E-state index contributed by atoms with van der Waals surface area (Å²) >= 11 is 0. The van der Waals surface area contributed by atoms with Gasteiger partial charge >= 0.3 is 21.1 Å². The molecule has 0 fully saturated rings. The van der Waals surface area contributed by atoms with Gasteiger partial charge in [-0.05, 0) is 83.6 Å². The van der Waals surface area contributed by atoms with Crippen LogP contribution in [0.3, 0.4) is 0 Å². The Hall–Kier alpha value is -4.47. The first-order valence-corrected chi connectivity index (χ1v) is 15.7. The van der Waals surface area contributed by atoms with E-state index >= 15 is 0 Å². The molecular weight excluding hydrogens is 748 g/mol. The quantitative estimate of drug-likeness (QED) is 0.137. The van der Waals surface area contributed by atoms with Crippen LogP contribution in [0.15, 0.2) is 104 Å². The Morgan fingerprint density at radius 3 is 2.54 bits per heavy atom. The second kappa shape index (κ2) is 13.5. The molecule has 3 aromatic heterocycles. The fourth-order valence-electron chi connectivity index (χ4n) is 6.10. The normalized spacial score (nSPS) is 11.3. The zero-order valence-corrected chi connectivity index (χ0v) is 28.8. The second-order valence-electron chi connectivity index (χ2n) is 12.0. The smallest absolute Gasteiger partial charge is 0.509 e. The van der Waals surface area contributed by atoms with Gasteiger partial charge in [-0.2, -0.15) is 17.2 Å². The van der Waals surface area contributed by atoms with E-state index in [2.05, 4.69) is 111 Å². The molecule has 0 radical (unpaired) electrons. The van der Waals surface area contributed by atoms with E-state index < -0.39 is 0 Å². The fraction of sp³-hybridized carbons (Fsp3) is 0.200. The van der Waals surface area contributed by atoms with Gasteiger partial charge in [0.2, 0.25) is 0 Å². The number of hydrogen-bond acceptors (Lipinski definition) is 3. The number of para-hydroxylation sites is 1. The van der Waals surface area contributed by atoms with Crippen LogP contribution in [-0.2, 0) is 33.9 Å². The van der Waals surface area contributed by atoms with Crippen molar-refractivity contribution in [2.75, 3.05) is 0 Å². The zero-order valence-electron chi connectivity index (χ0n) is 26.5. The molecule has 6 heteroatoms. The van der Waals surface area contributed by atoms with Gasteiger partial charge in [0.1, 0.15) is 5.82 Å². The van der Waals surface area contributed by atoms with Crippen molar-refractivity contribution in [1.82, 2.24) is 19.3 Å². The van der Waals surface area contributed by atoms with Crippen LogP contribution in [0.4, 0.5) is 0 Å². The molecule has 46 heavy (non-hydrogen) atoms. The number of ether oxygens (including phenoxy) is 1. The van der Waals surface area contributed by atoms with E-state index in [1.54, 1.807) is 0 Å². The average molecular weight is 784 g/mol. The summed E-state index contributed by atoms with van der Waals surface area (Å²) in [5.74, 6) is 2.74. The zero-order chi connectivity index (χ0) is 30.9. The Morgan fingerprint density at radius 2 is 1.70 bits per heavy atom. The van der Waals surface area contributed by atoms with Gasteiger partial charge in [0.25, 0.3) is 0 Å². The number of aryl methyl sites for hydroxylation is 3. The minimum Gasteiger partial charge on any atom is -0.509 e. The van der Waals surface area contributed by atoms with Crippen LogP contribution in [0.1, 0.15) is 43.9 Å². The summed E-state index contributed by atoms with van der Waals surface area (Å²) in [5.41, 5.74) is 9.07. The average Bonchev–Trinajstić information content (AvgIpc) is 3.67. The molecule has 232 valence electrons. The third-order valence-electron chi connectivity index (χ3n) is 8.45. The van der Waals surface area contributed by atoms with E-state index in [1.807, 2.05) is 41.3 Å². The summed E-state index contributed by atoms with van der Waals surface area (Å²) in [7, 11) is 0. The monoisotopic (exact) mass is 783 g/mol. The maximum Gasteiger partial charge on any atom is 2.00 e. The van der Waals surface area contributed by atoms with Crippen molar-refractivity contribution in [2.45, 2.75) is 47.0 Å². The topological polar surface area (TPSA) is 44.9 Å². The summed E-state index contributed by atoms with van der Waals surface area (Å²) in [6.07, 6.45) is 9.06. The molecule has 0 saturated heterocycles. The van der Waals surface area contributed by atoms with Crippen LogP contribution in [-0.4, -0.2) is 19.3 Å². The van der Waals surface area contributed by atoms with Crippen LogP contribution in [0.5, 0.6) is 11.5 Å². The van der Waals surface area contributed by atoms with Crippen molar-refractivity contribution in [3.63, 3.8) is 0 Å². The molecule has 3 heterocycles. The third kappa shape index (κ3) is 6.17. The fourth-order valence-corrected chi connectivity index (χ4v) is 6.10. The predicted molar refractivity (Wildman–Crippen MR) is 183 cm³/mol. The molecule has 0 aliphatic carbocycles. The van der Waals surface area contributed by atoms with Crippen molar-refractivity contribution in [2.24, 2.45) is 5.92 Å². The van der Waals surface area contributed by atoms with Crippen molar-refractivity contribution in [3.05, 3.63) is 132 Å². The van der Waals surface area contributed by atoms with Crippen LogP contribution in [0.25, 0.3) is 44.4 Å². The van der Waals surface area contributed by atoms with Gasteiger partial charge < -0.3 is 9.30 Å². The molecule has 0 saturated carbocycles. The van der Waals surface area contributed by atoms with Crippen LogP contribution in [0.2, 0.25) is 0 Å². The summed E-state index contributed by atoms with van der Waals surface area (Å²) in [6.45, 7) is 8.88. The van der Waals surface area contributed by atoms with Gasteiger partial charge in [-0.3, -0.25) is 4.68 Å². The van der Waals surface area contributed by atoms with Gasteiger partial charge in [0, 0.05) is 35.0 Å². The maximum absolute atomic E-state index is 6.38. The molecule has 0 spiro atoms. The molecular formula is C40H36N4OPt. The number of hydrogen-bond donors (Lipinski definition) is 0. The van der Waals surface area contributed by atoms with Crippen molar-refractivity contribution < 1.29 is 25.8 Å². The summed E-state index contributed by atoms with van der Waals surface area (Å²) in [4.78, 5) is 4.73. The first-order valence-electron chi connectivity index (χ1n) is 15.7. The second-order valence-corrected chi connectivity index (χ2v) is 12.0. The van der Waals surface area contributed by atoms with Crippen molar-refractivity contribution in [3.8, 4) is 34.1 Å². The van der Waals surface area contributed by atoms with Crippen LogP contribution >= 0.6 is 0 Å². The number of fused-ring (bicyclic) bond motifs is 3. The number of nitrogens with zero attached hydrogens (tertiary/aromatic N) is 4. The summed E-state index contributed by atoms with van der Waals surface area (Å²) in [5, 5.41) is 6.98. The van der Waals surface area contributed by atoms with Crippen LogP contribution < -0.4 is 4.74 Å². The SMILES string of the molecule is CCc1ccnc(-n2c3[c-]c(Oc4[c-]c(-n5cc(-c6c(C)cccc6CCC(C)C)cn5)ccc4)ccc3c3ccccc32)c1.[Pt+2]. The molecule has 4 aromatic carbocycles. The Morgan fingerprint density at radius 1 is 0.870 bits per heavy atom. The van der Waals surface area contributed by atoms with E-state index in [0.717, 1.165) is 58.1 Å². The number of rotatable bonds is 9. The standard InChI is InChI=1S/C40H36N4O.Pt/c1-5-29-20-21-41-39(22-29)44-37-15-7-6-14-35(37)36-19-18-34(24-38(36)44)45-33-13-9-12-32(23-33)43-26-31(25-42-43)40-28(4)10-8-11-30(40)17-16-27(2)3;/h6-15,18-22,25-27H,5,16-17H2,1-4H3;/q-2;+2. The van der Waals surface area contributed by atoms with E-state index in [9.17, 15) is 0 Å². The van der Waals surface area contributed by atoms with Gasteiger partial charge in [-0.15, -0.1) is 35.7 Å². The summed E-state index contributed by atoms with van der Waals surface area (Å²) in [6, 6.07) is 36.1. The summed E-state index contributed by atoms with van der Waals surface area (Å²) < 4.78 is 10.4. The molecule has 0 bridgehead atoms. The van der Waals surface area contributed by atoms with Crippen molar-refractivity contribution in [1.29, 1.82) is 0 Å². The number of benzene rings is 4. The third-order valence-corrected chi connectivity index (χ3v) is 8.45. The van der Waals surface area contributed by atoms with Crippen molar-refractivity contribution >= 4 is 21.8 Å². The minimum atomic E-state index is 0. The minimum absolute atomic E-state index is 0. The molecule has 0 aliphatic rings. The van der Waals surface area contributed by atoms with E-state index in [4.69, 9.17) is 14.8 Å². The Kier molecular flexibility index (Phi) is 9.24. The Labute approximate surface area is 285 Å². The van der Waals surface area contributed by atoms with Gasteiger partial charge in [0.05, 0.1) is 6.20 Å². The molecule has 0 N–H and O–H groups in total. The molecule has 5 nitrogen and oxygen atoms in total. The van der Waals surface area contributed by atoms with E-state index in [-0.39, 0.29) is 21.1 Å². The largest absolute Gasteiger partial charge is 2.00 e. The number of aromatic nitrogens is 4. The first kappa shape index (κ1) is 31.5. The van der Waals surface area contributed by atoms with Gasteiger partial charge in [-0.25, -0.2) is 4.98 Å². The Bertz CT molecular complexity index is 2140. The van der Waals surface area contributed by atoms with Gasteiger partial charge in [0.15, 0.2) is 0 Å². The molecule has 7 rings (SSSR count).